The number of benzene rings is 6. The fourth-order valence-corrected chi connectivity index (χ4v) is 12.3. The van der Waals surface area contributed by atoms with Gasteiger partial charge in [0.1, 0.15) is 44.0 Å². The first-order chi connectivity index (χ1) is 42.3. The predicted octanol–water partition coefficient (Wildman–Crippen LogP) is 11.3. The van der Waals surface area contributed by atoms with E-state index in [0.29, 0.717) is 87.3 Å². The van der Waals surface area contributed by atoms with Gasteiger partial charge in [0.05, 0.1) is 18.5 Å². The Balaban J connectivity index is 0.000000160. The van der Waals surface area contributed by atoms with Gasteiger partial charge >= 0.3 is 18.2 Å². The Morgan fingerprint density at radius 1 is 0.552 bits per heavy atom. The van der Waals surface area contributed by atoms with Crippen LogP contribution in [0.15, 0.2) is 121 Å². The normalized spacial score (nSPS) is 18.3. The summed E-state index contributed by atoms with van der Waals surface area (Å²) >= 11 is 3.21. The summed E-state index contributed by atoms with van der Waals surface area (Å²) in [4.78, 5) is 101. The van der Waals surface area contributed by atoms with Crippen LogP contribution in [0.3, 0.4) is 0 Å². The van der Waals surface area contributed by atoms with Crippen molar-refractivity contribution in [2.45, 2.75) is 90.1 Å². The van der Waals surface area contributed by atoms with Crippen molar-refractivity contribution in [3.8, 4) is 33.8 Å². The minimum Gasteiger partial charge on any atom is -0.488 e. The van der Waals surface area contributed by atoms with E-state index in [1.165, 1.54) is 9.80 Å². The number of ether oxygens (including phenoxy) is 8. The van der Waals surface area contributed by atoms with Crippen molar-refractivity contribution in [2.24, 2.45) is 11.8 Å². The number of rotatable bonds is 16. The van der Waals surface area contributed by atoms with Crippen molar-refractivity contribution in [1.82, 2.24) is 9.80 Å². The van der Waals surface area contributed by atoms with Crippen molar-refractivity contribution in [2.75, 3.05) is 52.5 Å². The zero-order chi connectivity index (χ0) is 61.0. The lowest BCUT2D eigenvalue weighted by molar-refractivity contribution is -0.147. The Labute approximate surface area is 512 Å². The van der Waals surface area contributed by atoms with Gasteiger partial charge in [-0.25, -0.2) is 14.4 Å². The van der Waals surface area contributed by atoms with E-state index < -0.39 is 37.0 Å². The summed E-state index contributed by atoms with van der Waals surface area (Å²) in [6, 6.07) is 36.8. The molecule has 0 spiro atoms. The van der Waals surface area contributed by atoms with Gasteiger partial charge in [0.15, 0.2) is 36.0 Å². The van der Waals surface area contributed by atoms with Gasteiger partial charge in [-0.3, -0.25) is 33.8 Å². The van der Waals surface area contributed by atoms with Crippen molar-refractivity contribution >= 4 is 63.7 Å². The van der Waals surface area contributed by atoms with Crippen molar-refractivity contribution in [1.29, 1.82) is 0 Å². The molecule has 2 amide bonds. The van der Waals surface area contributed by atoms with E-state index in [1.807, 2.05) is 103 Å². The van der Waals surface area contributed by atoms with Crippen LogP contribution in [0.1, 0.15) is 113 Å². The first-order valence-corrected chi connectivity index (χ1v) is 30.2. The molecule has 4 atom stereocenters. The molecule has 452 valence electrons. The van der Waals surface area contributed by atoms with Gasteiger partial charge < -0.3 is 37.9 Å². The molecule has 2 fully saturated rings. The first-order valence-electron chi connectivity index (χ1n) is 29.1. The van der Waals surface area contributed by atoms with Crippen LogP contribution in [-0.4, -0.2) is 122 Å². The number of halogens is 1. The average Bonchev–Trinajstić information content (AvgIpc) is 2.58. The predicted molar refractivity (Wildman–Crippen MR) is 322 cm³/mol. The van der Waals surface area contributed by atoms with E-state index in [4.69, 9.17) is 37.9 Å². The van der Waals surface area contributed by atoms with Crippen LogP contribution in [-0.2, 0) is 77.3 Å². The van der Waals surface area contributed by atoms with E-state index in [2.05, 4.69) is 22.0 Å². The van der Waals surface area contributed by atoms with Crippen molar-refractivity contribution in [3.05, 3.63) is 177 Å². The molecule has 12 rings (SSSR count). The van der Waals surface area contributed by atoms with Crippen LogP contribution < -0.4 is 9.47 Å². The molecule has 2 aliphatic carbocycles. The second-order valence-electron chi connectivity index (χ2n) is 22.2. The summed E-state index contributed by atoms with van der Waals surface area (Å²) in [6.07, 6.45) is 3.96. The van der Waals surface area contributed by atoms with Gasteiger partial charge in [-0.15, -0.1) is 0 Å². The maximum atomic E-state index is 13.1. The average molecular weight is 1250 g/mol. The second-order valence-corrected chi connectivity index (χ2v) is 22.7. The topological polar surface area (TPSA) is 217 Å². The van der Waals surface area contributed by atoms with Crippen LogP contribution >= 0.6 is 15.9 Å². The first kappa shape index (κ1) is 61.6. The molecule has 19 heteroatoms. The third-order valence-corrected chi connectivity index (χ3v) is 16.8. The van der Waals surface area contributed by atoms with Crippen LogP contribution in [0.5, 0.6) is 11.5 Å². The lowest BCUT2D eigenvalue weighted by Gasteiger charge is -2.25. The number of alkyl halides is 1. The molecule has 0 saturated carbocycles. The number of nitrogens with zero attached hydrogens (tertiary/aromatic N) is 2. The second kappa shape index (κ2) is 28.8. The molecule has 0 N–H and O–H groups in total. The number of carbonyl (C=O) groups excluding carboxylic acids is 8. The lowest BCUT2D eigenvalue weighted by Crippen LogP contribution is -2.42. The highest BCUT2D eigenvalue weighted by molar-refractivity contribution is 9.09. The fraction of sp³-hybridized carbons (Fsp3) is 0.353. The maximum absolute atomic E-state index is 13.1. The summed E-state index contributed by atoms with van der Waals surface area (Å²) in [5, 5.41) is 0.318. The highest BCUT2D eigenvalue weighted by Gasteiger charge is 2.42. The Hall–Kier alpha value is -8.52. The van der Waals surface area contributed by atoms with Crippen LogP contribution in [0, 0.1) is 11.8 Å². The number of ketones is 4. The molecular weight excluding hydrogens is 1180 g/mol. The summed E-state index contributed by atoms with van der Waals surface area (Å²) in [5.74, 6) is 0.930. The number of fused-ring (bicyclic) bond motifs is 8. The molecule has 6 aromatic rings. The zero-order valence-electron chi connectivity index (χ0n) is 48.5. The van der Waals surface area contributed by atoms with E-state index in [-0.39, 0.29) is 54.8 Å². The van der Waals surface area contributed by atoms with Gasteiger partial charge in [-0.05, 0) is 113 Å². The number of hydrogen-bond acceptors (Lipinski definition) is 16. The van der Waals surface area contributed by atoms with Gasteiger partial charge in [-0.1, -0.05) is 101 Å². The highest BCUT2D eigenvalue weighted by atomic mass is 79.9. The Bertz CT molecular complexity index is 3560. The van der Waals surface area contributed by atoms with Crippen molar-refractivity contribution in [3.63, 3.8) is 0 Å². The number of hydrogen-bond donors (Lipinski definition) is 0. The number of Topliss-reactive ketones (excluding diaryl/α,β-unsaturated/α-hetero) is 4. The number of amides is 2. The quantitative estimate of drug-likeness (QED) is 0.0289. The highest BCUT2D eigenvalue weighted by Crippen LogP contribution is 2.43. The monoisotopic (exact) mass is 1250 g/mol. The largest absolute Gasteiger partial charge is 0.488 e. The molecule has 87 heavy (non-hydrogen) atoms. The van der Waals surface area contributed by atoms with Crippen LogP contribution in [0.25, 0.3) is 22.3 Å². The molecule has 6 aromatic carbocycles. The number of esters is 1. The molecule has 18 nitrogen and oxygen atoms in total. The van der Waals surface area contributed by atoms with E-state index >= 15 is 0 Å². The third-order valence-electron chi connectivity index (χ3n) is 16.3. The van der Waals surface area contributed by atoms with Gasteiger partial charge in [0.2, 0.25) is 0 Å². The number of carbonyl (C=O) groups is 8. The summed E-state index contributed by atoms with van der Waals surface area (Å²) in [6.45, 7) is 2.51. The SMILES string of the molecule is COC[C@@H]1C[C@H](C(=O)OCC(=O)c2ccc3c(c2)COc2cc4c(cc2-3)CCCC4=O)N(C(=O)OCc2ccccc2)C1.COC[C@H]1C[C@@H](OC=O)N(C(=O)OCc2ccccc2)C1.O=C(CBr)c1ccc2c(c1)COc1cc3c(cc1-2)CCCC3=O. The van der Waals surface area contributed by atoms with Gasteiger partial charge in [-0.2, -0.15) is 0 Å². The minimum absolute atomic E-state index is 0.0604. The molecule has 0 aromatic heterocycles. The Kier molecular flexibility index (Phi) is 20.4. The molecule has 0 radical (unpaired) electrons. The maximum Gasteiger partial charge on any atom is 0.413 e. The Morgan fingerprint density at radius 3 is 1.55 bits per heavy atom. The molecular formula is C68H67BrN2O16. The zero-order valence-corrected chi connectivity index (χ0v) is 50.1. The molecule has 4 aliphatic heterocycles. The van der Waals surface area contributed by atoms with Crippen molar-refractivity contribution < 1.29 is 76.3 Å². The van der Waals surface area contributed by atoms with Crippen LogP contribution in [0.2, 0.25) is 0 Å². The summed E-state index contributed by atoms with van der Waals surface area (Å²) < 4.78 is 43.3. The van der Waals surface area contributed by atoms with E-state index in [9.17, 15) is 38.4 Å². The summed E-state index contributed by atoms with van der Waals surface area (Å²) in [7, 11) is 3.17. The van der Waals surface area contributed by atoms with E-state index in [1.54, 1.807) is 26.4 Å². The van der Waals surface area contributed by atoms with Crippen LogP contribution in [0.4, 0.5) is 9.59 Å². The molecule has 0 unspecified atom stereocenters. The smallest absolute Gasteiger partial charge is 0.413 e. The molecule has 2 saturated heterocycles. The Morgan fingerprint density at radius 2 is 1.05 bits per heavy atom. The van der Waals surface area contributed by atoms with E-state index in [0.717, 1.165) is 98.2 Å². The number of aryl methyl sites for hydroxylation is 2. The summed E-state index contributed by atoms with van der Waals surface area (Å²) in [5.41, 5.74) is 12.4. The number of methoxy groups -OCH3 is 2. The minimum atomic E-state index is -0.873. The fourth-order valence-electron chi connectivity index (χ4n) is 11.9. The molecule has 4 heterocycles. The standard InChI is InChI=1S/C34H33NO8.C19H15BrO3.C15H19NO5/c1-40-17-22-12-29(35(16-22)34(39)43-18-21-6-3-2-4-7-21)33(38)42-20-31(37)24-10-11-26-25(13-24)19-41-32-15-27-23(14-28(26)32)8-5-9-30(27)36;20-9-18(22)12-4-5-14-13(6-12)10-23-19-8-15-11(7-16(14)19)2-1-3-17(15)21;1-19-9-13-7-14(21-11-17)16(8-13)15(18)20-10-12-5-3-2-4-6-12/h2-4,6-7,10-11,13-15,22,29H,5,8-9,12,16-20H2,1H3;4-8H,1-3,9-10H2;2-6,11,13-14H,7-10H2,1H3/t22-,29-;;13-,14+/m1.0/s1. The van der Waals surface area contributed by atoms with Gasteiger partial charge in [0, 0.05) is 91.8 Å². The van der Waals surface area contributed by atoms with Gasteiger partial charge in [0.25, 0.3) is 6.47 Å². The number of likely N-dealkylation sites (tertiary alicyclic amines) is 2. The molecule has 0 bridgehead atoms. The molecule has 6 aliphatic rings. The lowest BCUT2D eigenvalue weighted by atomic mass is 9.86. The third kappa shape index (κ3) is 14.7.